The molecule has 0 aliphatic carbocycles. The van der Waals surface area contributed by atoms with Crippen LogP contribution in [0.4, 0.5) is 5.69 Å². The number of likely N-dealkylation sites (N-methyl/N-ethyl adjacent to an activating group) is 1. The zero-order chi connectivity index (χ0) is 17.8. The van der Waals surface area contributed by atoms with E-state index in [4.69, 9.17) is 16.3 Å². The number of halogens is 1. The SMILES string of the molecule is CNC(=O)C1CN(C(=O)CCc2ccc(Cl)cc2)c2ccccc2O1. The third-order valence-electron chi connectivity index (χ3n) is 4.15. The van der Waals surface area contributed by atoms with Gasteiger partial charge in [-0.2, -0.15) is 0 Å². The van der Waals surface area contributed by atoms with Crippen molar-refractivity contribution in [3.8, 4) is 5.75 Å². The number of anilines is 1. The van der Waals surface area contributed by atoms with E-state index in [-0.39, 0.29) is 18.4 Å². The van der Waals surface area contributed by atoms with E-state index in [1.165, 1.54) is 0 Å². The van der Waals surface area contributed by atoms with Gasteiger partial charge in [-0.15, -0.1) is 0 Å². The van der Waals surface area contributed by atoms with Crippen molar-refractivity contribution in [1.29, 1.82) is 0 Å². The summed E-state index contributed by atoms with van der Waals surface area (Å²) in [4.78, 5) is 26.4. The number of benzene rings is 2. The maximum atomic E-state index is 12.8. The van der Waals surface area contributed by atoms with Crippen LogP contribution in [0.25, 0.3) is 0 Å². The van der Waals surface area contributed by atoms with Gasteiger partial charge < -0.3 is 15.0 Å². The van der Waals surface area contributed by atoms with E-state index in [2.05, 4.69) is 5.32 Å². The number of amides is 2. The summed E-state index contributed by atoms with van der Waals surface area (Å²) >= 11 is 5.88. The first-order valence-electron chi connectivity index (χ1n) is 8.10. The van der Waals surface area contributed by atoms with Gasteiger partial charge in [-0.3, -0.25) is 9.59 Å². The molecule has 0 aromatic heterocycles. The van der Waals surface area contributed by atoms with Crippen LogP contribution < -0.4 is 15.0 Å². The van der Waals surface area contributed by atoms with Crippen LogP contribution in [0.1, 0.15) is 12.0 Å². The molecule has 130 valence electrons. The minimum Gasteiger partial charge on any atom is -0.477 e. The average Bonchev–Trinajstić information content (AvgIpc) is 2.65. The number of para-hydroxylation sites is 2. The molecule has 0 saturated carbocycles. The first kappa shape index (κ1) is 17.3. The van der Waals surface area contributed by atoms with Crippen LogP contribution in [0, 0.1) is 0 Å². The second kappa shape index (κ2) is 7.57. The van der Waals surface area contributed by atoms with Gasteiger partial charge >= 0.3 is 0 Å². The van der Waals surface area contributed by atoms with E-state index in [1.807, 2.05) is 42.5 Å². The van der Waals surface area contributed by atoms with Crippen LogP contribution >= 0.6 is 11.6 Å². The minimum absolute atomic E-state index is 0.0420. The number of hydrogen-bond acceptors (Lipinski definition) is 3. The number of aryl methyl sites for hydroxylation is 1. The molecule has 1 heterocycles. The van der Waals surface area contributed by atoms with E-state index in [0.717, 1.165) is 5.56 Å². The fourth-order valence-corrected chi connectivity index (χ4v) is 2.93. The van der Waals surface area contributed by atoms with Crippen molar-refractivity contribution in [2.75, 3.05) is 18.5 Å². The molecule has 25 heavy (non-hydrogen) atoms. The number of nitrogens with one attached hydrogen (secondary N) is 1. The van der Waals surface area contributed by atoms with Gasteiger partial charge in [0.25, 0.3) is 5.91 Å². The summed E-state index contributed by atoms with van der Waals surface area (Å²) in [7, 11) is 1.55. The Morgan fingerprint density at radius 1 is 1.20 bits per heavy atom. The largest absolute Gasteiger partial charge is 0.477 e. The molecule has 1 aliphatic heterocycles. The maximum Gasteiger partial charge on any atom is 0.262 e. The molecule has 1 atom stereocenters. The first-order chi connectivity index (χ1) is 12.1. The van der Waals surface area contributed by atoms with Crippen LogP contribution in [-0.2, 0) is 16.0 Å². The van der Waals surface area contributed by atoms with Gasteiger partial charge in [-0.1, -0.05) is 35.9 Å². The van der Waals surface area contributed by atoms with Crippen LogP contribution in [0.15, 0.2) is 48.5 Å². The Balaban J connectivity index is 1.75. The molecular weight excluding hydrogens is 340 g/mol. The lowest BCUT2D eigenvalue weighted by Gasteiger charge is -2.34. The number of carbonyl (C=O) groups excluding carboxylic acids is 2. The molecule has 5 nitrogen and oxygen atoms in total. The molecule has 2 aromatic rings. The van der Waals surface area contributed by atoms with Crippen molar-refractivity contribution in [2.24, 2.45) is 0 Å². The summed E-state index contributed by atoms with van der Waals surface area (Å²) in [6.45, 7) is 0.205. The molecule has 1 N–H and O–H groups in total. The van der Waals surface area contributed by atoms with Gasteiger partial charge in [0.05, 0.1) is 12.2 Å². The Morgan fingerprint density at radius 3 is 2.64 bits per heavy atom. The summed E-state index contributed by atoms with van der Waals surface area (Å²) < 4.78 is 5.72. The van der Waals surface area contributed by atoms with Gasteiger partial charge in [0.2, 0.25) is 5.91 Å². The number of fused-ring (bicyclic) bond motifs is 1. The Hall–Kier alpha value is -2.53. The van der Waals surface area contributed by atoms with Crippen molar-refractivity contribution in [3.05, 3.63) is 59.1 Å². The second-order valence-electron chi connectivity index (χ2n) is 5.82. The maximum absolute atomic E-state index is 12.8. The van der Waals surface area contributed by atoms with E-state index in [0.29, 0.717) is 29.3 Å². The van der Waals surface area contributed by atoms with Gasteiger partial charge in [-0.25, -0.2) is 0 Å². The van der Waals surface area contributed by atoms with Crippen LogP contribution in [-0.4, -0.2) is 31.5 Å². The van der Waals surface area contributed by atoms with E-state index in [9.17, 15) is 9.59 Å². The molecular formula is C19H19ClN2O3. The highest BCUT2D eigenvalue weighted by atomic mass is 35.5. The fraction of sp³-hybridized carbons (Fsp3) is 0.263. The van der Waals surface area contributed by atoms with Crippen LogP contribution in [0.3, 0.4) is 0 Å². The highest BCUT2D eigenvalue weighted by Gasteiger charge is 2.32. The van der Waals surface area contributed by atoms with E-state index < -0.39 is 6.10 Å². The molecule has 0 spiro atoms. The predicted octanol–water partition coefficient (Wildman–Crippen LogP) is 2.81. The molecule has 2 aromatic carbocycles. The normalized spacial score (nSPS) is 15.9. The summed E-state index contributed by atoms with van der Waals surface area (Å²) in [6.07, 6.45) is 0.246. The van der Waals surface area contributed by atoms with E-state index in [1.54, 1.807) is 18.0 Å². The lowest BCUT2D eigenvalue weighted by Crippen LogP contribution is -2.50. The Kier molecular flexibility index (Phi) is 5.24. The average molecular weight is 359 g/mol. The fourth-order valence-electron chi connectivity index (χ4n) is 2.81. The summed E-state index contributed by atoms with van der Waals surface area (Å²) in [5, 5.41) is 3.25. The smallest absolute Gasteiger partial charge is 0.262 e. The molecule has 0 fully saturated rings. The van der Waals surface area contributed by atoms with Crippen molar-refractivity contribution in [2.45, 2.75) is 18.9 Å². The van der Waals surface area contributed by atoms with Gasteiger partial charge in [0.1, 0.15) is 5.75 Å². The minimum atomic E-state index is -0.709. The molecule has 0 saturated heterocycles. The molecule has 6 heteroatoms. The highest BCUT2D eigenvalue weighted by molar-refractivity contribution is 6.30. The molecule has 3 rings (SSSR count). The van der Waals surface area contributed by atoms with Crippen molar-refractivity contribution >= 4 is 29.1 Å². The number of hydrogen-bond donors (Lipinski definition) is 1. The van der Waals surface area contributed by atoms with Crippen LogP contribution in [0.5, 0.6) is 5.75 Å². The molecule has 1 aliphatic rings. The number of ether oxygens (including phenoxy) is 1. The molecule has 2 amide bonds. The summed E-state index contributed by atoms with van der Waals surface area (Å²) in [5.41, 5.74) is 1.74. The number of rotatable bonds is 4. The summed E-state index contributed by atoms with van der Waals surface area (Å²) in [6, 6.07) is 14.7. The van der Waals surface area contributed by atoms with Crippen molar-refractivity contribution < 1.29 is 14.3 Å². The quantitative estimate of drug-likeness (QED) is 0.914. The van der Waals surface area contributed by atoms with Gasteiger partial charge in [-0.05, 0) is 36.2 Å². The first-order valence-corrected chi connectivity index (χ1v) is 8.48. The second-order valence-corrected chi connectivity index (χ2v) is 6.26. The van der Waals surface area contributed by atoms with Gasteiger partial charge in [0, 0.05) is 18.5 Å². The van der Waals surface area contributed by atoms with Crippen LogP contribution in [0.2, 0.25) is 5.02 Å². The number of nitrogens with zero attached hydrogens (tertiary/aromatic N) is 1. The van der Waals surface area contributed by atoms with Crippen molar-refractivity contribution in [1.82, 2.24) is 5.32 Å². The third kappa shape index (κ3) is 3.94. The lowest BCUT2D eigenvalue weighted by molar-refractivity contribution is -0.127. The number of carbonyl (C=O) groups is 2. The Bertz CT molecular complexity index is 776. The molecule has 1 unspecified atom stereocenters. The zero-order valence-corrected chi connectivity index (χ0v) is 14.6. The monoisotopic (exact) mass is 358 g/mol. The van der Waals surface area contributed by atoms with Gasteiger partial charge in [0.15, 0.2) is 6.10 Å². The predicted molar refractivity (Wildman–Crippen MR) is 97.1 cm³/mol. The van der Waals surface area contributed by atoms with E-state index >= 15 is 0 Å². The topological polar surface area (TPSA) is 58.6 Å². The molecule has 0 radical (unpaired) electrons. The lowest BCUT2D eigenvalue weighted by atomic mass is 10.1. The standard InChI is InChI=1S/C19H19ClN2O3/c1-21-19(24)17-12-22(15-4-2-3-5-16(15)25-17)18(23)11-8-13-6-9-14(20)10-7-13/h2-7,9-10,17H,8,11-12H2,1H3,(H,21,24). The third-order valence-corrected chi connectivity index (χ3v) is 4.41. The Labute approximate surface area is 151 Å². The zero-order valence-electron chi connectivity index (χ0n) is 13.9. The summed E-state index contributed by atoms with van der Waals surface area (Å²) in [5.74, 6) is 0.256. The van der Waals surface area contributed by atoms with Crippen molar-refractivity contribution in [3.63, 3.8) is 0 Å². The molecule has 0 bridgehead atoms. The highest BCUT2D eigenvalue weighted by Crippen LogP contribution is 2.33. The Morgan fingerprint density at radius 2 is 1.92 bits per heavy atom.